The fourth-order valence-electron chi connectivity index (χ4n) is 4.72. The number of hydrogen-bond donors (Lipinski definition) is 1. The predicted molar refractivity (Wildman–Crippen MR) is 106 cm³/mol. The fraction of sp³-hybridized carbons (Fsp3) is 0.600. The van der Waals surface area contributed by atoms with Gasteiger partial charge in [-0.15, -0.1) is 0 Å². The van der Waals surface area contributed by atoms with E-state index in [1.54, 1.807) is 0 Å². The first-order valence-electron chi connectivity index (χ1n) is 10.1. The minimum Gasteiger partial charge on any atom is -0.369 e. The number of anilines is 1. The van der Waals surface area contributed by atoms with Gasteiger partial charge in [-0.3, -0.25) is 9.89 Å². The third-order valence-corrected chi connectivity index (χ3v) is 6.53. The smallest absolute Gasteiger partial charge is 0.275 e. The lowest BCUT2D eigenvalue weighted by Crippen LogP contribution is -2.44. The fourth-order valence-corrected chi connectivity index (χ4v) is 4.72. The molecule has 2 bridgehead atoms. The molecule has 4 fully saturated rings. The van der Waals surface area contributed by atoms with Crippen molar-refractivity contribution in [2.75, 3.05) is 64.3 Å². The Bertz CT molecular complexity index is 832. The van der Waals surface area contributed by atoms with E-state index in [2.05, 4.69) is 55.0 Å². The molecule has 27 heavy (non-hydrogen) atoms. The number of nitrogens with zero attached hydrogens (tertiary/aromatic N) is 5. The molecule has 4 saturated heterocycles. The van der Waals surface area contributed by atoms with Gasteiger partial charge in [-0.1, -0.05) is 0 Å². The Labute approximate surface area is 159 Å². The standard InChI is InChI=1S/C20H28N6O/c1-23-8-11-25(12-9-23)16-2-3-17-18(14-16)21-22-19(17)20(27)26-13-10-24-6-4-15(26)5-7-24/h2-3,14-15H,4-13H2,1H3,(H,21,22). The van der Waals surface area contributed by atoms with Crippen LogP contribution in [0, 0.1) is 0 Å². The normalized spacial score (nSPS) is 26.6. The Kier molecular flexibility index (Phi) is 4.28. The van der Waals surface area contributed by atoms with Crippen LogP contribution in [0.25, 0.3) is 10.9 Å². The van der Waals surface area contributed by atoms with E-state index < -0.39 is 0 Å². The van der Waals surface area contributed by atoms with Crippen LogP contribution in [0.3, 0.4) is 0 Å². The SMILES string of the molecule is CN1CCN(c2ccc3c(C(=O)N4CCN5CCC4CC5)n[nH]c3c2)CC1. The average Bonchev–Trinajstić information content (AvgIpc) is 2.88. The van der Waals surface area contributed by atoms with Crippen LogP contribution in [0.2, 0.25) is 0 Å². The van der Waals surface area contributed by atoms with Gasteiger partial charge in [0.15, 0.2) is 5.69 Å². The Morgan fingerprint density at radius 1 is 1.04 bits per heavy atom. The molecule has 5 heterocycles. The summed E-state index contributed by atoms with van der Waals surface area (Å²) >= 11 is 0. The summed E-state index contributed by atoms with van der Waals surface area (Å²) in [5.41, 5.74) is 2.74. The zero-order valence-corrected chi connectivity index (χ0v) is 16.0. The molecule has 4 aliphatic rings. The first-order chi connectivity index (χ1) is 13.2. The van der Waals surface area contributed by atoms with Gasteiger partial charge in [0.05, 0.1) is 5.52 Å². The minimum atomic E-state index is 0.0855. The van der Waals surface area contributed by atoms with Gasteiger partial charge in [-0.05, 0) is 38.1 Å². The number of aromatic amines is 1. The summed E-state index contributed by atoms with van der Waals surface area (Å²) in [6.07, 6.45) is 2.17. The molecule has 7 nitrogen and oxygen atoms in total. The van der Waals surface area contributed by atoms with Crippen LogP contribution in [-0.2, 0) is 0 Å². The number of piperidine rings is 1. The lowest BCUT2D eigenvalue weighted by atomic mass is 10.0. The summed E-state index contributed by atoms with van der Waals surface area (Å²) in [6.45, 7) is 8.27. The number of carbonyl (C=O) groups excluding carboxylic acids is 1. The van der Waals surface area contributed by atoms with Crippen LogP contribution in [0.5, 0.6) is 0 Å². The number of amides is 1. The molecule has 6 rings (SSSR count). The second-order valence-corrected chi connectivity index (χ2v) is 8.16. The van der Waals surface area contributed by atoms with E-state index in [9.17, 15) is 4.79 Å². The van der Waals surface area contributed by atoms with E-state index in [-0.39, 0.29) is 5.91 Å². The lowest BCUT2D eigenvalue weighted by molar-refractivity contribution is 0.0681. The molecular formula is C20H28N6O. The van der Waals surface area contributed by atoms with Gasteiger partial charge in [0.25, 0.3) is 5.91 Å². The first kappa shape index (κ1) is 17.0. The summed E-state index contributed by atoms with van der Waals surface area (Å²) in [6, 6.07) is 6.72. The van der Waals surface area contributed by atoms with E-state index >= 15 is 0 Å². The van der Waals surface area contributed by atoms with Crippen molar-refractivity contribution in [2.45, 2.75) is 18.9 Å². The molecule has 0 unspecified atom stereocenters. The number of benzene rings is 1. The van der Waals surface area contributed by atoms with Gasteiger partial charge >= 0.3 is 0 Å². The number of carbonyl (C=O) groups is 1. The predicted octanol–water partition coefficient (Wildman–Crippen LogP) is 1.23. The maximum absolute atomic E-state index is 13.2. The molecule has 0 saturated carbocycles. The molecular weight excluding hydrogens is 340 g/mol. The van der Waals surface area contributed by atoms with Gasteiger partial charge in [0, 0.05) is 69.5 Å². The van der Waals surface area contributed by atoms with Gasteiger partial charge in [-0.2, -0.15) is 5.10 Å². The maximum atomic E-state index is 13.2. The quantitative estimate of drug-likeness (QED) is 0.864. The van der Waals surface area contributed by atoms with E-state index in [1.165, 1.54) is 5.69 Å². The molecule has 4 aliphatic heterocycles. The number of nitrogens with one attached hydrogen (secondary N) is 1. The highest BCUT2D eigenvalue weighted by atomic mass is 16.2. The van der Waals surface area contributed by atoms with E-state index in [1.807, 2.05) is 0 Å². The number of likely N-dealkylation sites (N-methyl/N-ethyl adjacent to an activating group) is 1. The zero-order chi connectivity index (χ0) is 18.4. The second-order valence-electron chi connectivity index (χ2n) is 8.16. The van der Waals surface area contributed by atoms with Crippen LogP contribution < -0.4 is 4.90 Å². The zero-order valence-electron chi connectivity index (χ0n) is 16.0. The van der Waals surface area contributed by atoms with Crippen LogP contribution >= 0.6 is 0 Å². The molecule has 7 heteroatoms. The van der Waals surface area contributed by atoms with E-state index in [4.69, 9.17) is 0 Å². The van der Waals surface area contributed by atoms with Crippen molar-refractivity contribution in [3.05, 3.63) is 23.9 Å². The van der Waals surface area contributed by atoms with Crippen molar-refractivity contribution < 1.29 is 4.79 Å². The van der Waals surface area contributed by atoms with Gasteiger partial charge in [-0.25, -0.2) is 0 Å². The van der Waals surface area contributed by atoms with Crippen LogP contribution in [0.4, 0.5) is 5.69 Å². The Balaban J connectivity index is 1.40. The lowest BCUT2D eigenvalue weighted by Gasteiger charge is -2.34. The molecule has 0 spiro atoms. The highest BCUT2D eigenvalue weighted by Crippen LogP contribution is 2.27. The molecule has 1 aromatic carbocycles. The third kappa shape index (κ3) is 3.08. The van der Waals surface area contributed by atoms with Crippen molar-refractivity contribution in [1.29, 1.82) is 0 Å². The molecule has 0 radical (unpaired) electrons. The topological polar surface area (TPSA) is 58.7 Å². The highest BCUT2D eigenvalue weighted by molar-refractivity contribution is 6.05. The van der Waals surface area contributed by atoms with Crippen molar-refractivity contribution in [2.24, 2.45) is 0 Å². The van der Waals surface area contributed by atoms with Crippen LogP contribution in [-0.4, -0.2) is 96.3 Å². The molecule has 0 atom stereocenters. The summed E-state index contributed by atoms with van der Waals surface area (Å²) in [5.74, 6) is 0.0855. The van der Waals surface area contributed by atoms with E-state index in [0.717, 1.165) is 76.1 Å². The maximum Gasteiger partial charge on any atom is 0.275 e. The Morgan fingerprint density at radius 2 is 1.81 bits per heavy atom. The largest absolute Gasteiger partial charge is 0.369 e. The molecule has 2 aromatic rings. The van der Waals surface area contributed by atoms with Gasteiger partial charge < -0.3 is 19.6 Å². The summed E-state index contributed by atoms with van der Waals surface area (Å²) < 4.78 is 0. The number of fused-ring (bicyclic) bond motifs is 5. The van der Waals surface area contributed by atoms with Crippen LogP contribution in [0.1, 0.15) is 23.3 Å². The van der Waals surface area contributed by atoms with E-state index in [0.29, 0.717) is 11.7 Å². The molecule has 144 valence electrons. The monoisotopic (exact) mass is 368 g/mol. The summed E-state index contributed by atoms with van der Waals surface area (Å²) in [4.78, 5) is 22.5. The highest BCUT2D eigenvalue weighted by Gasteiger charge is 2.33. The molecule has 0 aliphatic carbocycles. The molecule has 1 N–H and O–H groups in total. The Hall–Kier alpha value is -2.12. The van der Waals surface area contributed by atoms with Gasteiger partial charge in [0.2, 0.25) is 0 Å². The van der Waals surface area contributed by atoms with Gasteiger partial charge in [0.1, 0.15) is 0 Å². The second kappa shape index (κ2) is 6.80. The molecule has 1 amide bonds. The van der Waals surface area contributed by atoms with Crippen molar-refractivity contribution >= 4 is 22.5 Å². The third-order valence-electron chi connectivity index (χ3n) is 6.53. The number of aromatic nitrogens is 2. The van der Waals surface area contributed by atoms with Crippen molar-refractivity contribution in [1.82, 2.24) is 24.9 Å². The summed E-state index contributed by atoms with van der Waals surface area (Å²) in [7, 11) is 2.17. The van der Waals surface area contributed by atoms with Crippen LogP contribution in [0.15, 0.2) is 18.2 Å². The number of hydrogen-bond acceptors (Lipinski definition) is 5. The minimum absolute atomic E-state index is 0.0855. The van der Waals surface area contributed by atoms with Crippen molar-refractivity contribution in [3.8, 4) is 0 Å². The summed E-state index contributed by atoms with van der Waals surface area (Å²) in [5, 5.41) is 8.48. The number of H-pyrrole nitrogens is 1. The molecule has 1 aromatic heterocycles. The number of piperazine rings is 1. The Morgan fingerprint density at radius 3 is 2.59 bits per heavy atom. The first-order valence-corrected chi connectivity index (χ1v) is 10.1. The number of rotatable bonds is 2. The average molecular weight is 368 g/mol. The van der Waals surface area contributed by atoms with Crippen molar-refractivity contribution in [3.63, 3.8) is 0 Å².